The van der Waals surface area contributed by atoms with E-state index < -0.39 is 5.97 Å². The van der Waals surface area contributed by atoms with Crippen LogP contribution in [0.1, 0.15) is 56.4 Å². The SMILES string of the molecule is CCCCCCC(C)N1Nc2c(C(=O)O)ncn2C(=O)N1C. The number of aromatic carboxylic acids is 1. The van der Waals surface area contributed by atoms with Gasteiger partial charge in [0.25, 0.3) is 0 Å². The number of unbranched alkanes of at least 4 members (excludes halogenated alkanes) is 3. The van der Waals surface area contributed by atoms with Gasteiger partial charge >= 0.3 is 12.0 Å². The fourth-order valence-electron chi connectivity index (χ4n) is 2.58. The Morgan fingerprint density at radius 3 is 2.77 bits per heavy atom. The van der Waals surface area contributed by atoms with Crippen LogP contribution in [0.5, 0.6) is 0 Å². The van der Waals surface area contributed by atoms with Crippen molar-refractivity contribution in [2.24, 2.45) is 0 Å². The highest BCUT2D eigenvalue weighted by molar-refractivity contribution is 5.94. The number of imidazole rings is 1. The van der Waals surface area contributed by atoms with Crippen LogP contribution < -0.4 is 5.43 Å². The largest absolute Gasteiger partial charge is 0.476 e. The van der Waals surface area contributed by atoms with Crippen LogP contribution in [-0.4, -0.2) is 49.9 Å². The zero-order valence-corrected chi connectivity index (χ0v) is 13.2. The van der Waals surface area contributed by atoms with E-state index in [2.05, 4.69) is 17.3 Å². The molecule has 122 valence electrons. The predicted molar refractivity (Wildman–Crippen MR) is 81.4 cm³/mol. The van der Waals surface area contributed by atoms with Crippen molar-refractivity contribution in [3.63, 3.8) is 0 Å². The fraction of sp³-hybridized carbons (Fsp3) is 0.643. The molecule has 1 amide bonds. The minimum Gasteiger partial charge on any atom is -0.476 e. The first-order valence-electron chi connectivity index (χ1n) is 7.61. The molecule has 0 aliphatic carbocycles. The lowest BCUT2D eigenvalue weighted by molar-refractivity contribution is 0.0144. The highest BCUT2D eigenvalue weighted by Crippen LogP contribution is 2.24. The van der Waals surface area contributed by atoms with E-state index in [1.807, 2.05) is 6.92 Å². The zero-order valence-electron chi connectivity index (χ0n) is 13.2. The van der Waals surface area contributed by atoms with Gasteiger partial charge in [-0.2, -0.15) is 0 Å². The van der Waals surface area contributed by atoms with Gasteiger partial charge in [-0.05, 0) is 13.3 Å². The van der Waals surface area contributed by atoms with Crippen LogP contribution in [-0.2, 0) is 0 Å². The molecule has 0 radical (unpaired) electrons. The third-order valence-electron chi connectivity index (χ3n) is 3.89. The Hall–Kier alpha value is -2.09. The van der Waals surface area contributed by atoms with E-state index in [1.54, 1.807) is 12.2 Å². The summed E-state index contributed by atoms with van der Waals surface area (Å²) in [5.74, 6) is -0.954. The number of amides is 1. The normalized spacial score (nSPS) is 16.3. The number of nitrogens with zero attached hydrogens (tertiary/aromatic N) is 4. The van der Waals surface area contributed by atoms with Crippen LogP contribution in [0.25, 0.3) is 0 Å². The molecule has 0 fully saturated rings. The van der Waals surface area contributed by atoms with Gasteiger partial charge < -0.3 is 5.11 Å². The van der Waals surface area contributed by atoms with Crippen molar-refractivity contribution in [2.45, 2.75) is 52.0 Å². The maximum Gasteiger partial charge on any atom is 0.358 e. The van der Waals surface area contributed by atoms with Crippen molar-refractivity contribution in [3.8, 4) is 0 Å². The molecule has 1 aromatic rings. The average molecular weight is 309 g/mol. The summed E-state index contributed by atoms with van der Waals surface area (Å²) < 4.78 is 1.21. The standard InChI is InChI=1S/C14H23N5O3/c1-4-5-6-7-8-10(2)19-16-12-11(13(20)21)15-9-18(12)14(22)17(19)3/h9-10,16H,4-8H2,1-3H3,(H,20,21). The molecular formula is C14H23N5O3. The number of fused-ring (bicyclic) bond motifs is 1. The van der Waals surface area contributed by atoms with E-state index in [9.17, 15) is 9.59 Å². The molecule has 8 heteroatoms. The predicted octanol–water partition coefficient (Wildman–Crippen LogP) is 2.40. The lowest BCUT2D eigenvalue weighted by Crippen LogP contribution is -2.56. The first-order valence-corrected chi connectivity index (χ1v) is 7.61. The van der Waals surface area contributed by atoms with Crippen LogP contribution in [0.15, 0.2) is 6.33 Å². The summed E-state index contributed by atoms with van der Waals surface area (Å²) in [6.07, 6.45) is 6.75. The van der Waals surface area contributed by atoms with E-state index in [0.29, 0.717) is 0 Å². The first kappa shape index (κ1) is 16.3. The van der Waals surface area contributed by atoms with Crippen molar-refractivity contribution >= 4 is 17.8 Å². The number of carbonyl (C=O) groups excluding carboxylic acids is 1. The van der Waals surface area contributed by atoms with Crippen LogP contribution in [0.3, 0.4) is 0 Å². The van der Waals surface area contributed by atoms with Gasteiger partial charge in [-0.3, -0.25) is 5.43 Å². The van der Waals surface area contributed by atoms with Crippen molar-refractivity contribution in [2.75, 3.05) is 12.5 Å². The molecule has 22 heavy (non-hydrogen) atoms. The minimum absolute atomic E-state index is 0.0658. The molecule has 0 spiro atoms. The van der Waals surface area contributed by atoms with Crippen LogP contribution in [0.2, 0.25) is 0 Å². The summed E-state index contributed by atoms with van der Waals surface area (Å²) >= 11 is 0. The Balaban J connectivity index is 2.12. The van der Waals surface area contributed by atoms with Crippen LogP contribution in [0, 0.1) is 0 Å². The topological polar surface area (TPSA) is 90.7 Å². The molecule has 1 aliphatic rings. The number of carboxylic acids is 1. The van der Waals surface area contributed by atoms with E-state index >= 15 is 0 Å². The number of hydrazine groups is 2. The van der Waals surface area contributed by atoms with Gasteiger partial charge in [0.2, 0.25) is 0 Å². The number of nitrogens with one attached hydrogen (secondary N) is 1. The third-order valence-corrected chi connectivity index (χ3v) is 3.89. The van der Waals surface area contributed by atoms with Gasteiger partial charge in [0.1, 0.15) is 6.33 Å². The molecule has 0 saturated carbocycles. The van der Waals surface area contributed by atoms with Gasteiger partial charge in [0.05, 0.1) is 0 Å². The van der Waals surface area contributed by atoms with Crippen molar-refractivity contribution < 1.29 is 14.7 Å². The summed E-state index contributed by atoms with van der Waals surface area (Å²) in [6, 6.07) is -0.259. The number of hydrogen-bond donors (Lipinski definition) is 2. The quantitative estimate of drug-likeness (QED) is 0.752. The average Bonchev–Trinajstić information content (AvgIpc) is 2.91. The van der Waals surface area contributed by atoms with E-state index in [0.717, 1.165) is 19.3 Å². The zero-order chi connectivity index (χ0) is 16.3. The summed E-state index contributed by atoms with van der Waals surface area (Å²) in [6.45, 7) is 4.17. The molecule has 1 aliphatic heterocycles. The number of anilines is 1. The number of carboxylic acid groups (broad SMARTS) is 1. The molecule has 2 N–H and O–H groups in total. The first-order chi connectivity index (χ1) is 10.5. The number of hydrogen-bond acceptors (Lipinski definition) is 5. The number of aromatic nitrogens is 2. The van der Waals surface area contributed by atoms with Gasteiger partial charge in [-0.15, -0.1) is 5.12 Å². The molecule has 0 bridgehead atoms. The van der Waals surface area contributed by atoms with Gasteiger partial charge in [0, 0.05) is 13.1 Å². The Kier molecular flexibility index (Phi) is 5.02. The highest BCUT2D eigenvalue weighted by Gasteiger charge is 2.34. The van der Waals surface area contributed by atoms with Gasteiger partial charge in [0.15, 0.2) is 11.5 Å². The molecule has 0 saturated heterocycles. The smallest absolute Gasteiger partial charge is 0.358 e. The molecule has 2 heterocycles. The van der Waals surface area contributed by atoms with E-state index in [-0.39, 0.29) is 23.6 Å². The maximum absolute atomic E-state index is 12.3. The summed E-state index contributed by atoms with van der Waals surface area (Å²) in [4.78, 5) is 27.3. The molecular weight excluding hydrogens is 286 g/mol. The van der Waals surface area contributed by atoms with Crippen LogP contribution in [0.4, 0.5) is 10.6 Å². The number of rotatable bonds is 7. The third kappa shape index (κ3) is 3.06. The summed E-state index contributed by atoms with van der Waals surface area (Å²) in [5, 5.41) is 12.3. The van der Waals surface area contributed by atoms with Gasteiger partial charge in [-0.25, -0.2) is 24.1 Å². The fourth-order valence-corrected chi connectivity index (χ4v) is 2.58. The number of carbonyl (C=O) groups is 2. The second-order valence-electron chi connectivity index (χ2n) is 5.58. The molecule has 0 aromatic carbocycles. The summed E-state index contributed by atoms with van der Waals surface area (Å²) in [7, 11) is 1.65. The molecule has 1 unspecified atom stereocenters. The Bertz CT molecular complexity index is 557. The van der Waals surface area contributed by atoms with Crippen molar-refractivity contribution in [3.05, 3.63) is 12.0 Å². The Morgan fingerprint density at radius 1 is 1.41 bits per heavy atom. The second-order valence-corrected chi connectivity index (χ2v) is 5.58. The lowest BCUT2D eigenvalue weighted by Gasteiger charge is -2.40. The molecule has 8 nitrogen and oxygen atoms in total. The maximum atomic E-state index is 12.3. The van der Waals surface area contributed by atoms with Gasteiger partial charge in [-0.1, -0.05) is 32.6 Å². The van der Waals surface area contributed by atoms with Crippen molar-refractivity contribution in [1.29, 1.82) is 0 Å². The molecule has 1 atom stereocenters. The minimum atomic E-state index is -1.16. The van der Waals surface area contributed by atoms with Crippen molar-refractivity contribution in [1.82, 2.24) is 19.7 Å². The van der Waals surface area contributed by atoms with E-state index in [1.165, 1.54) is 28.7 Å². The van der Waals surface area contributed by atoms with Crippen LogP contribution >= 0.6 is 0 Å². The second kappa shape index (κ2) is 6.78. The Morgan fingerprint density at radius 2 is 2.14 bits per heavy atom. The summed E-state index contributed by atoms with van der Waals surface area (Å²) in [5.41, 5.74) is 2.86. The van der Waals surface area contributed by atoms with E-state index in [4.69, 9.17) is 5.11 Å². The Labute approximate surface area is 129 Å². The lowest BCUT2D eigenvalue weighted by atomic mass is 10.1. The monoisotopic (exact) mass is 309 g/mol. The highest BCUT2D eigenvalue weighted by atomic mass is 16.4. The molecule has 1 aromatic heterocycles. The molecule has 2 rings (SSSR count).